The van der Waals surface area contributed by atoms with Gasteiger partial charge < -0.3 is 14.8 Å². The van der Waals surface area contributed by atoms with Gasteiger partial charge in [-0.3, -0.25) is 4.79 Å². The summed E-state index contributed by atoms with van der Waals surface area (Å²) in [6, 6.07) is -0.266. The summed E-state index contributed by atoms with van der Waals surface area (Å²) in [6.07, 6.45) is 4.55. The number of hydrogen-bond donors (Lipinski definition) is 1. The maximum atomic E-state index is 11.7. The Kier molecular flexibility index (Phi) is 4.76. The van der Waals surface area contributed by atoms with Crippen molar-refractivity contribution < 1.29 is 19.1 Å². The van der Waals surface area contributed by atoms with Crippen LogP contribution in [0.3, 0.4) is 0 Å². The molecule has 5 heteroatoms. The summed E-state index contributed by atoms with van der Waals surface area (Å²) >= 11 is 0. The van der Waals surface area contributed by atoms with Crippen molar-refractivity contribution in [1.29, 1.82) is 0 Å². The molecule has 5 nitrogen and oxygen atoms in total. The topological polar surface area (TPSA) is 64.6 Å². The fraction of sp³-hybridized carbons (Fsp3) is 0.692. The zero-order chi connectivity index (χ0) is 13.8. The number of rotatable bonds is 2. The molecule has 1 aliphatic carbocycles. The molecule has 0 radical (unpaired) electrons. The van der Waals surface area contributed by atoms with E-state index in [4.69, 9.17) is 9.47 Å². The van der Waals surface area contributed by atoms with Crippen molar-refractivity contribution in [2.24, 2.45) is 5.92 Å². The van der Waals surface area contributed by atoms with Crippen LogP contribution in [-0.2, 0) is 14.3 Å². The lowest BCUT2D eigenvalue weighted by atomic mass is 9.89. The van der Waals surface area contributed by atoms with Crippen molar-refractivity contribution in [2.75, 3.05) is 7.11 Å². The third-order valence-corrected chi connectivity index (χ3v) is 2.64. The second kappa shape index (κ2) is 5.89. The molecule has 0 aromatic heterocycles. The molecule has 2 atom stereocenters. The van der Waals surface area contributed by atoms with Gasteiger partial charge in [0.1, 0.15) is 5.60 Å². The van der Waals surface area contributed by atoms with Crippen LogP contribution in [0.2, 0.25) is 0 Å². The van der Waals surface area contributed by atoms with Crippen LogP contribution in [0, 0.1) is 5.92 Å². The summed E-state index contributed by atoms with van der Waals surface area (Å²) in [6.45, 7) is 5.39. The minimum Gasteiger partial charge on any atom is -0.469 e. The molecule has 102 valence electrons. The molecule has 0 spiro atoms. The SMILES string of the molecule is COC(=O)[C@H]1CC=CC[C@@H]1NC(=O)OC(C)(C)C. The average Bonchev–Trinajstić information content (AvgIpc) is 2.26. The van der Waals surface area contributed by atoms with Crippen LogP contribution in [0.15, 0.2) is 12.2 Å². The first-order chi connectivity index (χ1) is 8.33. The number of methoxy groups -OCH3 is 1. The molecule has 1 N–H and O–H groups in total. The second-order valence-corrected chi connectivity index (χ2v) is 5.33. The van der Waals surface area contributed by atoms with Crippen LogP contribution >= 0.6 is 0 Å². The lowest BCUT2D eigenvalue weighted by Gasteiger charge is -2.28. The number of allylic oxidation sites excluding steroid dienone is 1. The molecule has 0 aliphatic heterocycles. The van der Waals surface area contributed by atoms with E-state index in [9.17, 15) is 9.59 Å². The highest BCUT2D eigenvalue weighted by atomic mass is 16.6. The quantitative estimate of drug-likeness (QED) is 0.605. The number of alkyl carbamates (subject to hydrolysis) is 1. The fourth-order valence-corrected chi connectivity index (χ4v) is 1.84. The third kappa shape index (κ3) is 4.39. The molecule has 18 heavy (non-hydrogen) atoms. The standard InChI is InChI=1S/C13H21NO4/c1-13(2,3)18-12(16)14-10-8-6-5-7-9(10)11(15)17-4/h5-6,9-10H,7-8H2,1-4H3,(H,14,16)/t9-,10-/m0/s1. The van der Waals surface area contributed by atoms with Gasteiger partial charge in [-0.05, 0) is 33.6 Å². The van der Waals surface area contributed by atoms with E-state index in [0.717, 1.165) is 0 Å². The number of carbonyl (C=O) groups excluding carboxylic acids is 2. The Balaban J connectivity index is 2.61. The molecule has 0 saturated carbocycles. The molecule has 0 fully saturated rings. The van der Waals surface area contributed by atoms with E-state index in [1.165, 1.54) is 7.11 Å². The first kappa shape index (κ1) is 14.5. The summed E-state index contributed by atoms with van der Waals surface area (Å²) in [4.78, 5) is 23.3. The third-order valence-electron chi connectivity index (χ3n) is 2.64. The van der Waals surface area contributed by atoms with Crippen molar-refractivity contribution in [3.63, 3.8) is 0 Å². The monoisotopic (exact) mass is 255 g/mol. The Bertz CT molecular complexity index is 343. The van der Waals surface area contributed by atoms with Gasteiger partial charge in [0.2, 0.25) is 0 Å². The summed E-state index contributed by atoms with van der Waals surface area (Å²) in [5.41, 5.74) is -0.546. The molecular weight excluding hydrogens is 234 g/mol. The molecule has 0 heterocycles. The number of ether oxygens (including phenoxy) is 2. The van der Waals surface area contributed by atoms with E-state index in [1.807, 2.05) is 12.2 Å². The highest BCUT2D eigenvalue weighted by Gasteiger charge is 2.31. The van der Waals surface area contributed by atoms with Gasteiger partial charge in [-0.25, -0.2) is 4.79 Å². The van der Waals surface area contributed by atoms with E-state index in [2.05, 4.69) is 5.32 Å². The van der Waals surface area contributed by atoms with Crippen LogP contribution in [0.1, 0.15) is 33.6 Å². The highest BCUT2D eigenvalue weighted by molar-refractivity contribution is 5.75. The van der Waals surface area contributed by atoms with E-state index in [0.29, 0.717) is 12.8 Å². The Morgan fingerprint density at radius 1 is 1.22 bits per heavy atom. The zero-order valence-electron chi connectivity index (χ0n) is 11.4. The largest absolute Gasteiger partial charge is 0.469 e. The summed E-state index contributed by atoms with van der Waals surface area (Å²) < 4.78 is 9.91. The van der Waals surface area contributed by atoms with Crippen molar-refractivity contribution >= 4 is 12.1 Å². The minimum atomic E-state index is -0.546. The Hall–Kier alpha value is -1.52. The van der Waals surface area contributed by atoms with Crippen LogP contribution in [0.5, 0.6) is 0 Å². The molecular formula is C13H21NO4. The molecule has 0 unspecified atom stereocenters. The first-order valence-corrected chi connectivity index (χ1v) is 6.06. The van der Waals surface area contributed by atoms with Gasteiger partial charge in [0, 0.05) is 6.04 Å². The maximum absolute atomic E-state index is 11.7. The van der Waals surface area contributed by atoms with Gasteiger partial charge in [-0.2, -0.15) is 0 Å². The van der Waals surface area contributed by atoms with Crippen molar-refractivity contribution in [3.05, 3.63) is 12.2 Å². The van der Waals surface area contributed by atoms with E-state index in [-0.39, 0.29) is 17.9 Å². The Labute approximate surface area is 108 Å². The van der Waals surface area contributed by atoms with Crippen LogP contribution in [-0.4, -0.2) is 30.8 Å². The predicted octanol–water partition coefficient (Wildman–Crippen LogP) is 2.02. The minimum absolute atomic E-state index is 0.266. The van der Waals surface area contributed by atoms with Crippen LogP contribution in [0.25, 0.3) is 0 Å². The van der Waals surface area contributed by atoms with Gasteiger partial charge in [0.25, 0.3) is 0 Å². The fourth-order valence-electron chi connectivity index (χ4n) is 1.84. The first-order valence-electron chi connectivity index (χ1n) is 6.06. The Morgan fingerprint density at radius 2 is 1.83 bits per heavy atom. The molecule has 1 rings (SSSR count). The second-order valence-electron chi connectivity index (χ2n) is 5.33. The summed E-state index contributed by atoms with van der Waals surface area (Å²) in [5, 5.41) is 2.73. The maximum Gasteiger partial charge on any atom is 0.407 e. The molecule has 0 bridgehead atoms. The number of nitrogens with one attached hydrogen (secondary N) is 1. The number of amides is 1. The van der Waals surface area contributed by atoms with Crippen molar-refractivity contribution in [1.82, 2.24) is 5.32 Å². The van der Waals surface area contributed by atoms with E-state index >= 15 is 0 Å². The Morgan fingerprint density at radius 3 is 2.39 bits per heavy atom. The van der Waals surface area contributed by atoms with Gasteiger partial charge in [-0.15, -0.1) is 0 Å². The zero-order valence-corrected chi connectivity index (χ0v) is 11.4. The number of esters is 1. The summed E-state index contributed by atoms with van der Waals surface area (Å²) in [5.74, 6) is -0.645. The van der Waals surface area contributed by atoms with Crippen molar-refractivity contribution in [3.8, 4) is 0 Å². The van der Waals surface area contributed by atoms with Crippen LogP contribution < -0.4 is 5.32 Å². The number of hydrogen-bond acceptors (Lipinski definition) is 4. The van der Waals surface area contributed by atoms with Gasteiger partial charge in [0.05, 0.1) is 13.0 Å². The average molecular weight is 255 g/mol. The predicted molar refractivity (Wildman–Crippen MR) is 67.0 cm³/mol. The van der Waals surface area contributed by atoms with Gasteiger partial charge >= 0.3 is 12.1 Å². The number of carbonyl (C=O) groups is 2. The molecule has 1 amide bonds. The normalized spacial score (nSPS) is 23.3. The highest BCUT2D eigenvalue weighted by Crippen LogP contribution is 2.21. The lowest BCUT2D eigenvalue weighted by molar-refractivity contribution is -0.146. The van der Waals surface area contributed by atoms with Gasteiger partial charge in [-0.1, -0.05) is 12.2 Å². The van der Waals surface area contributed by atoms with Crippen molar-refractivity contribution in [2.45, 2.75) is 45.3 Å². The smallest absolute Gasteiger partial charge is 0.407 e. The molecule has 0 aromatic rings. The van der Waals surface area contributed by atoms with E-state index in [1.54, 1.807) is 20.8 Å². The molecule has 0 saturated heterocycles. The van der Waals surface area contributed by atoms with E-state index < -0.39 is 11.7 Å². The molecule has 0 aromatic carbocycles. The molecule has 1 aliphatic rings. The lowest BCUT2D eigenvalue weighted by Crippen LogP contribution is -2.46. The van der Waals surface area contributed by atoms with Gasteiger partial charge in [0.15, 0.2) is 0 Å². The van der Waals surface area contributed by atoms with Crippen LogP contribution in [0.4, 0.5) is 4.79 Å². The summed E-state index contributed by atoms with van der Waals surface area (Å²) in [7, 11) is 1.35.